The average Bonchev–Trinajstić information content (AvgIpc) is 2.03. The number of aliphatic hydroxyl groups is 1. The highest BCUT2D eigenvalue weighted by molar-refractivity contribution is 7.79. The molecule has 9 rings (SSSR count). The molecule has 1 saturated heterocycles. The molecule has 7 aromatic carbocycles. The van der Waals surface area contributed by atoms with E-state index in [-0.39, 0.29) is 73.2 Å². The lowest BCUT2D eigenvalue weighted by atomic mass is 9.99. The van der Waals surface area contributed by atoms with Crippen molar-refractivity contribution in [1.82, 2.24) is 15.5 Å². The van der Waals surface area contributed by atoms with Crippen LogP contribution in [0.2, 0.25) is 0 Å². The summed E-state index contributed by atoms with van der Waals surface area (Å²) in [7, 11) is 3.05. The molecule has 2 amide bonds. The minimum absolute atomic E-state index is 0.0149. The van der Waals surface area contributed by atoms with Crippen molar-refractivity contribution in [1.29, 1.82) is 10.8 Å². The Morgan fingerprint density at radius 3 is 1.60 bits per heavy atom. The minimum atomic E-state index is -0.729. The lowest BCUT2D eigenvalue weighted by Crippen LogP contribution is -2.34. The smallest absolute Gasteiger partial charge is 0.413 e. The fourth-order valence-corrected chi connectivity index (χ4v) is 11.8. The minimum Gasteiger partial charge on any atom is -0.508 e. The first-order valence-electron chi connectivity index (χ1n) is 29.8. The maximum atomic E-state index is 12.0. The number of phenolic OH excluding ortho intramolecular Hbond substituents is 1. The van der Waals surface area contributed by atoms with Crippen LogP contribution in [-0.4, -0.2) is 117 Å². The zero-order valence-electron chi connectivity index (χ0n) is 52.3. The number of aliphatic hydroxyl groups excluding tert-OH is 1. The molecule has 1 aliphatic heterocycles. The van der Waals surface area contributed by atoms with Crippen LogP contribution in [0.1, 0.15) is 62.3 Å². The molecule has 1 saturated carbocycles. The van der Waals surface area contributed by atoms with Crippen molar-refractivity contribution in [3.05, 3.63) is 236 Å². The van der Waals surface area contributed by atoms with E-state index in [4.69, 9.17) is 44.0 Å². The first kappa shape index (κ1) is 72.3. The third-order valence-electron chi connectivity index (χ3n) is 13.8. The normalized spacial score (nSPS) is 16.1. The van der Waals surface area contributed by atoms with Crippen LogP contribution in [0.5, 0.6) is 23.0 Å². The maximum Gasteiger partial charge on any atom is 0.413 e. The van der Waals surface area contributed by atoms with Crippen molar-refractivity contribution >= 4 is 59.9 Å². The van der Waals surface area contributed by atoms with Crippen molar-refractivity contribution in [2.45, 2.75) is 71.5 Å². The molecule has 2 fully saturated rings. The largest absolute Gasteiger partial charge is 0.508 e. The number of rotatable bonds is 22. The average molecular weight is 1260 g/mol. The van der Waals surface area contributed by atoms with Gasteiger partial charge in [0.15, 0.2) is 0 Å². The zero-order chi connectivity index (χ0) is 65.8. The van der Waals surface area contributed by atoms with Crippen LogP contribution in [0.25, 0.3) is 0 Å². The highest BCUT2D eigenvalue weighted by Crippen LogP contribution is 2.36. The van der Waals surface area contributed by atoms with Gasteiger partial charge >= 0.3 is 18.0 Å². The Bertz CT molecular complexity index is 3220. The second-order valence-corrected chi connectivity index (χ2v) is 22.9. The summed E-state index contributed by atoms with van der Waals surface area (Å²) < 4.78 is 36.7. The number of phenols is 1. The van der Waals surface area contributed by atoms with E-state index in [1.54, 1.807) is 85.8 Å². The van der Waals surface area contributed by atoms with Gasteiger partial charge in [-0.05, 0) is 123 Å². The number of likely N-dealkylation sites (tertiary alicyclic amines) is 1. The molecule has 7 aromatic rings. The van der Waals surface area contributed by atoms with Crippen molar-refractivity contribution in [3.63, 3.8) is 0 Å². The molecule has 0 aromatic heterocycles. The second-order valence-electron chi connectivity index (χ2n) is 20.7. The number of benzene rings is 7. The number of aromatic hydroxyl groups is 1. The van der Waals surface area contributed by atoms with Crippen molar-refractivity contribution in [2.75, 3.05) is 47.1 Å². The summed E-state index contributed by atoms with van der Waals surface area (Å²) in [5.74, 6) is 1.71. The van der Waals surface area contributed by atoms with Crippen molar-refractivity contribution in [2.24, 2.45) is 11.8 Å². The summed E-state index contributed by atoms with van der Waals surface area (Å²) in [5.41, 5.74) is 2.93. The molecule has 0 bridgehead atoms. The molecule has 5 atom stereocenters. The summed E-state index contributed by atoms with van der Waals surface area (Å²) in [6.07, 6.45) is 4.17. The fraction of sp³-hybridized carbons (Fsp3) is 0.278. The SMILES string of the molecule is C=CCOC(=O)[C@H]1C[C@H](O)CN1C.C=CCOC(=O)[C@H]1C[C@H](Oc2cccc(C(=N)NC=O)c2)CC1C.CCOc1ccc(COC(=O)NC(=N)c2cccc(O)c2)cc1.CCOc1ccc(COC)cc1.c1ccc(P(c2ccccc2)c2ccccc2)cc1. The number of carbonyl (C=O) groups is 4. The summed E-state index contributed by atoms with van der Waals surface area (Å²) in [5, 5.41) is 43.0. The molecule has 6 N–H and O–H groups in total. The summed E-state index contributed by atoms with van der Waals surface area (Å²) >= 11 is 0. The number of hydrogen-bond donors (Lipinski definition) is 6. The molecule has 91 heavy (non-hydrogen) atoms. The molecule has 18 nitrogen and oxygen atoms in total. The van der Waals surface area contributed by atoms with Crippen LogP contribution in [0.4, 0.5) is 4.79 Å². The fourth-order valence-electron chi connectivity index (χ4n) is 9.47. The molecule has 1 aliphatic carbocycles. The number of nitrogens with zero attached hydrogens (tertiary/aromatic N) is 1. The van der Waals surface area contributed by atoms with E-state index in [1.165, 1.54) is 39.7 Å². The molecule has 19 heteroatoms. The van der Waals surface area contributed by atoms with Crippen molar-refractivity contribution in [3.8, 4) is 23.0 Å². The third kappa shape index (κ3) is 25.5. The second kappa shape index (κ2) is 40.2. The highest BCUT2D eigenvalue weighted by Gasteiger charge is 2.38. The Balaban J connectivity index is 0.000000212. The van der Waals surface area contributed by atoms with Crippen LogP contribution < -0.4 is 40.8 Å². The van der Waals surface area contributed by atoms with Gasteiger partial charge in [-0.1, -0.05) is 172 Å². The maximum absolute atomic E-state index is 12.0. The van der Waals surface area contributed by atoms with Gasteiger partial charge in [-0.2, -0.15) is 0 Å². The number of carbonyl (C=O) groups excluding carboxylic acids is 4. The van der Waals surface area contributed by atoms with Gasteiger partial charge in [-0.15, -0.1) is 0 Å². The van der Waals surface area contributed by atoms with E-state index in [9.17, 15) is 29.4 Å². The van der Waals surface area contributed by atoms with E-state index in [0.717, 1.165) is 23.5 Å². The van der Waals surface area contributed by atoms with E-state index in [1.807, 2.05) is 45.0 Å². The predicted molar refractivity (Wildman–Crippen MR) is 357 cm³/mol. The lowest BCUT2D eigenvalue weighted by molar-refractivity contribution is -0.148. The van der Waals surface area contributed by atoms with Crippen LogP contribution in [-0.2, 0) is 46.5 Å². The Hall–Kier alpha value is -9.45. The van der Waals surface area contributed by atoms with Gasteiger partial charge in [0.1, 0.15) is 60.5 Å². The molecule has 1 unspecified atom stereocenters. The summed E-state index contributed by atoms with van der Waals surface area (Å²) in [4.78, 5) is 47.3. The Kier molecular flexibility index (Phi) is 32.0. The lowest BCUT2D eigenvalue weighted by Gasteiger charge is -2.18. The van der Waals surface area contributed by atoms with E-state index >= 15 is 0 Å². The number of amidine groups is 2. The highest BCUT2D eigenvalue weighted by atomic mass is 31.1. The number of hydrogen-bond acceptors (Lipinski definition) is 16. The van der Waals surface area contributed by atoms with Gasteiger partial charge in [0.05, 0.1) is 37.9 Å². The Labute approximate surface area is 535 Å². The van der Waals surface area contributed by atoms with Crippen LogP contribution in [0.15, 0.2) is 213 Å². The zero-order valence-corrected chi connectivity index (χ0v) is 53.2. The van der Waals surface area contributed by atoms with Gasteiger partial charge in [0.2, 0.25) is 6.41 Å². The van der Waals surface area contributed by atoms with Crippen LogP contribution in [0, 0.1) is 22.7 Å². The van der Waals surface area contributed by atoms with E-state index in [2.05, 4.69) is 115 Å². The van der Waals surface area contributed by atoms with Crippen LogP contribution >= 0.6 is 7.92 Å². The number of alkyl carbamates (subject to hydrolysis) is 1. The Morgan fingerprint density at radius 1 is 0.626 bits per heavy atom. The summed E-state index contributed by atoms with van der Waals surface area (Å²) in [6, 6.07) is 60.2. The topological polar surface area (TPSA) is 248 Å². The van der Waals surface area contributed by atoms with Gasteiger partial charge < -0.3 is 48.7 Å². The number of nitrogens with one attached hydrogen (secondary N) is 4. The molecule has 0 spiro atoms. The molecule has 480 valence electrons. The number of esters is 2. The molecule has 2 aliphatic rings. The Morgan fingerprint density at radius 2 is 1.13 bits per heavy atom. The molecular weight excluding hydrogens is 1170 g/mol. The third-order valence-corrected chi connectivity index (χ3v) is 16.3. The predicted octanol–water partition coefficient (Wildman–Crippen LogP) is 10.8. The number of methoxy groups -OCH3 is 1. The number of β-amino-alcohol motifs (C(OH)–C–C–N with tert-alkyl or cyclic N) is 1. The van der Waals surface area contributed by atoms with E-state index in [0.29, 0.717) is 62.5 Å². The first-order valence-corrected chi connectivity index (χ1v) is 31.1. The number of likely N-dealkylation sites (N-methyl/N-ethyl adjacent to an activating group) is 1. The van der Waals surface area contributed by atoms with Gasteiger partial charge in [0, 0.05) is 31.2 Å². The quantitative estimate of drug-likeness (QED) is 0.00703. The molecule has 0 radical (unpaired) electrons. The van der Waals surface area contributed by atoms with E-state index < -0.39 is 20.1 Å². The first-order chi connectivity index (χ1) is 44.1. The molecule has 1 heterocycles. The van der Waals surface area contributed by atoms with Gasteiger partial charge in [-0.25, -0.2) is 4.79 Å². The van der Waals surface area contributed by atoms with Gasteiger partial charge in [0.25, 0.3) is 0 Å². The van der Waals surface area contributed by atoms with Crippen LogP contribution in [0.3, 0.4) is 0 Å². The number of amides is 2. The standard InChI is InChI=1S/C18H22N2O4.C18H15P.C17H18N2O4.C10H14O2.C9H15NO3/c1-3-7-23-18(22)16-10-15(8-12(16)2)24-14-6-4-5-13(9-14)17(19)20-11-21;1-4-10-16(11-5-1)19(17-12-6-2-7-13-17)18-14-8-3-9-15-18;1-2-22-15-8-6-12(7-9-15)11-23-17(21)19-16(18)13-4-3-5-14(20)10-13;1-3-12-10-6-4-9(5-7-10)8-11-2;1-3-4-13-9(12)8-5-7(11)6-10(8)2/h3-6,9,11-12,15-16H,1,7-8,10H2,2H3,(H2,19,20,21);1-15H;3-10,20H,2,11H2,1H3,(H2,18,19,21);4-7H,3,8H2,1-2H3;3,7-8,11H,1,4-6H2,2H3/t12?,15-,16+;;;;7-,8+/m1...0/s1. The van der Waals surface area contributed by atoms with Crippen molar-refractivity contribution < 1.29 is 62.5 Å². The monoisotopic (exact) mass is 1260 g/mol. The summed E-state index contributed by atoms with van der Waals surface area (Å²) in [6.45, 7) is 15.9. The van der Waals surface area contributed by atoms with Gasteiger partial charge in [-0.3, -0.25) is 35.4 Å². The molecular formula is C72H84N5O13P. The number of ether oxygens (including phenoxy) is 7.